The molecule has 0 unspecified atom stereocenters. The number of ether oxygens (including phenoxy) is 1. The molecule has 0 N–H and O–H groups in total. The second-order valence-corrected chi connectivity index (χ2v) is 6.32. The van der Waals surface area contributed by atoms with E-state index in [9.17, 15) is 0 Å². The normalized spacial score (nSPS) is 11.4. The summed E-state index contributed by atoms with van der Waals surface area (Å²) in [7, 11) is 0. The predicted molar refractivity (Wildman–Crippen MR) is 79.7 cm³/mol. The van der Waals surface area contributed by atoms with Crippen molar-refractivity contribution in [3.8, 4) is 11.6 Å². The third-order valence-electron chi connectivity index (χ3n) is 2.86. The van der Waals surface area contributed by atoms with Crippen molar-refractivity contribution in [1.29, 1.82) is 0 Å². The molecule has 1 aromatic heterocycles. The zero-order chi connectivity index (χ0) is 14.0. The first-order valence-corrected chi connectivity index (χ1v) is 6.92. The van der Waals surface area contributed by atoms with Crippen LogP contribution in [0.4, 0.5) is 0 Å². The standard InChI is InChI=1S/C15H17BrN2O/c1-10-7-11(15(2,3)4)5-6-12(10)19-14-8-13(16)17-9-18-14/h5-9H,1-4H3. The minimum Gasteiger partial charge on any atom is -0.439 e. The first-order chi connectivity index (χ1) is 8.86. The quantitative estimate of drug-likeness (QED) is 0.756. The van der Waals surface area contributed by atoms with E-state index in [0.717, 1.165) is 11.3 Å². The fourth-order valence-corrected chi connectivity index (χ4v) is 2.00. The van der Waals surface area contributed by atoms with Gasteiger partial charge >= 0.3 is 0 Å². The molecule has 0 fully saturated rings. The molecule has 0 bridgehead atoms. The van der Waals surface area contributed by atoms with Crippen LogP contribution in [0.5, 0.6) is 11.6 Å². The highest BCUT2D eigenvalue weighted by atomic mass is 79.9. The largest absolute Gasteiger partial charge is 0.439 e. The highest BCUT2D eigenvalue weighted by Gasteiger charge is 2.15. The van der Waals surface area contributed by atoms with Gasteiger partial charge in [-0.2, -0.15) is 0 Å². The first-order valence-electron chi connectivity index (χ1n) is 6.13. The van der Waals surface area contributed by atoms with E-state index in [1.807, 2.05) is 13.0 Å². The number of halogens is 1. The van der Waals surface area contributed by atoms with Gasteiger partial charge in [0.1, 0.15) is 16.7 Å². The van der Waals surface area contributed by atoms with Gasteiger partial charge in [0.25, 0.3) is 0 Å². The highest BCUT2D eigenvalue weighted by Crippen LogP contribution is 2.29. The average Bonchev–Trinajstić information content (AvgIpc) is 2.30. The predicted octanol–water partition coefficient (Wildman–Crippen LogP) is 4.64. The molecule has 0 saturated carbocycles. The number of aromatic nitrogens is 2. The van der Waals surface area contributed by atoms with E-state index in [1.165, 1.54) is 11.9 Å². The van der Waals surface area contributed by atoms with E-state index in [1.54, 1.807) is 6.07 Å². The molecular formula is C15H17BrN2O. The minimum absolute atomic E-state index is 0.140. The Kier molecular flexibility index (Phi) is 3.90. The Balaban J connectivity index is 2.27. The van der Waals surface area contributed by atoms with Crippen molar-refractivity contribution in [2.75, 3.05) is 0 Å². The summed E-state index contributed by atoms with van der Waals surface area (Å²) in [5.74, 6) is 1.35. The van der Waals surface area contributed by atoms with Crippen LogP contribution < -0.4 is 4.74 Å². The SMILES string of the molecule is Cc1cc(C(C)(C)C)ccc1Oc1cc(Br)ncn1. The van der Waals surface area contributed by atoms with E-state index in [0.29, 0.717) is 10.5 Å². The molecular weight excluding hydrogens is 304 g/mol. The van der Waals surface area contributed by atoms with Crippen LogP contribution in [0, 0.1) is 6.92 Å². The van der Waals surface area contributed by atoms with Crippen LogP contribution in [0.25, 0.3) is 0 Å². The summed E-state index contributed by atoms with van der Waals surface area (Å²) in [6.07, 6.45) is 1.47. The van der Waals surface area contributed by atoms with E-state index in [2.05, 4.69) is 58.8 Å². The Labute approximate surface area is 122 Å². The van der Waals surface area contributed by atoms with Gasteiger partial charge in [0.2, 0.25) is 5.88 Å². The van der Waals surface area contributed by atoms with Crippen LogP contribution in [0.2, 0.25) is 0 Å². The molecule has 100 valence electrons. The lowest BCUT2D eigenvalue weighted by molar-refractivity contribution is 0.456. The zero-order valence-corrected chi connectivity index (χ0v) is 13.2. The van der Waals surface area contributed by atoms with Gasteiger partial charge in [0.15, 0.2) is 0 Å². The number of nitrogens with zero attached hydrogens (tertiary/aromatic N) is 2. The lowest BCUT2D eigenvalue weighted by Gasteiger charge is -2.20. The van der Waals surface area contributed by atoms with Gasteiger partial charge in [-0.15, -0.1) is 0 Å². The molecule has 4 heteroatoms. The van der Waals surface area contributed by atoms with Gasteiger partial charge in [-0.3, -0.25) is 0 Å². The first kappa shape index (κ1) is 14.0. The highest BCUT2D eigenvalue weighted by molar-refractivity contribution is 9.10. The number of benzene rings is 1. The van der Waals surface area contributed by atoms with Gasteiger partial charge in [0.05, 0.1) is 0 Å². The number of hydrogen-bond donors (Lipinski definition) is 0. The molecule has 2 rings (SSSR count). The van der Waals surface area contributed by atoms with Crippen molar-refractivity contribution in [1.82, 2.24) is 9.97 Å². The maximum atomic E-state index is 5.78. The van der Waals surface area contributed by atoms with Gasteiger partial charge in [-0.1, -0.05) is 32.9 Å². The molecule has 1 aromatic carbocycles. The van der Waals surface area contributed by atoms with E-state index >= 15 is 0 Å². The molecule has 0 aliphatic heterocycles. The smallest absolute Gasteiger partial charge is 0.223 e. The van der Waals surface area contributed by atoms with Crippen LogP contribution >= 0.6 is 15.9 Å². The van der Waals surface area contributed by atoms with E-state index < -0.39 is 0 Å². The average molecular weight is 321 g/mol. The summed E-state index contributed by atoms with van der Waals surface area (Å²) < 4.78 is 6.49. The molecule has 19 heavy (non-hydrogen) atoms. The van der Waals surface area contributed by atoms with Crippen molar-refractivity contribution in [3.05, 3.63) is 46.3 Å². The topological polar surface area (TPSA) is 35.0 Å². The van der Waals surface area contributed by atoms with Crippen LogP contribution in [0.3, 0.4) is 0 Å². The molecule has 0 spiro atoms. The van der Waals surface area contributed by atoms with Crippen molar-refractivity contribution >= 4 is 15.9 Å². The fourth-order valence-electron chi connectivity index (χ4n) is 1.72. The summed E-state index contributed by atoms with van der Waals surface area (Å²) in [6, 6.07) is 7.99. The molecule has 0 radical (unpaired) electrons. The number of hydrogen-bond acceptors (Lipinski definition) is 3. The van der Waals surface area contributed by atoms with Gasteiger partial charge in [-0.25, -0.2) is 9.97 Å². The Morgan fingerprint density at radius 3 is 2.42 bits per heavy atom. The summed E-state index contributed by atoms with van der Waals surface area (Å²) in [6.45, 7) is 8.64. The molecule has 2 aromatic rings. The van der Waals surface area contributed by atoms with Crippen LogP contribution in [0.1, 0.15) is 31.9 Å². The summed E-state index contributed by atoms with van der Waals surface area (Å²) in [5, 5.41) is 0. The van der Waals surface area contributed by atoms with Crippen LogP contribution in [-0.4, -0.2) is 9.97 Å². The van der Waals surface area contributed by atoms with Crippen molar-refractivity contribution in [2.24, 2.45) is 0 Å². The third kappa shape index (κ3) is 3.53. The summed E-state index contributed by atoms with van der Waals surface area (Å²) in [4.78, 5) is 8.06. The molecule has 0 atom stereocenters. The van der Waals surface area contributed by atoms with Gasteiger partial charge in [-0.05, 0) is 45.5 Å². The maximum absolute atomic E-state index is 5.78. The van der Waals surface area contributed by atoms with E-state index in [-0.39, 0.29) is 5.41 Å². The van der Waals surface area contributed by atoms with E-state index in [4.69, 9.17) is 4.74 Å². The Bertz CT molecular complexity index is 591. The monoisotopic (exact) mass is 320 g/mol. The van der Waals surface area contributed by atoms with Crippen molar-refractivity contribution < 1.29 is 4.74 Å². The number of rotatable bonds is 2. The molecule has 3 nitrogen and oxygen atoms in total. The van der Waals surface area contributed by atoms with Crippen molar-refractivity contribution in [3.63, 3.8) is 0 Å². The molecule has 0 aliphatic rings. The van der Waals surface area contributed by atoms with Crippen molar-refractivity contribution in [2.45, 2.75) is 33.1 Å². The third-order valence-corrected chi connectivity index (χ3v) is 3.30. The molecule has 0 saturated heterocycles. The van der Waals surface area contributed by atoms with Gasteiger partial charge < -0.3 is 4.74 Å². The Morgan fingerprint density at radius 1 is 1.11 bits per heavy atom. The molecule has 1 heterocycles. The lowest BCUT2D eigenvalue weighted by Crippen LogP contribution is -2.11. The fraction of sp³-hybridized carbons (Fsp3) is 0.333. The van der Waals surface area contributed by atoms with Crippen LogP contribution in [-0.2, 0) is 5.41 Å². The molecule has 0 aliphatic carbocycles. The Morgan fingerprint density at radius 2 is 1.84 bits per heavy atom. The maximum Gasteiger partial charge on any atom is 0.223 e. The van der Waals surface area contributed by atoms with Crippen LogP contribution in [0.15, 0.2) is 35.2 Å². The second-order valence-electron chi connectivity index (χ2n) is 5.51. The zero-order valence-electron chi connectivity index (χ0n) is 11.6. The summed E-state index contributed by atoms with van der Waals surface area (Å²) in [5.41, 5.74) is 2.53. The lowest BCUT2D eigenvalue weighted by atomic mass is 9.86. The van der Waals surface area contributed by atoms with Gasteiger partial charge in [0, 0.05) is 6.07 Å². The molecule has 0 amide bonds. The summed E-state index contributed by atoms with van der Waals surface area (Å²) >= 11 is 3.30. The number of aryl methyl sites for hydroxylation is 1. The minimum atomic E-state index is 0.140. The Hall–Kier alpha value is -1.42. The second kappa shape index (κ2) is 5.29.